The van der Waals surface area contributed by atoms with Crippen molar-refractivity contribution in [1.82, 2.24) is 5.32 Å². The zero-order chi connectivity index (χ0) is 20.4. The Kier molecular flexibility index (Phi) is 5.43. The molecule has 0 unspecified atom stereocenters. The second-order valence-corrected chi connectivity index (χ2v) is 9.38. The Morgan fingerprint density at radius 3 is 2.38 bits per heavy atom. The minimum Gasteiger partial charge on any atom is -0.339 e. The average molecular weight is 407 g/mol. The highest BCUT2D eigenvalue weighted by atomic mass is 32.2. The number of hydrogen-bond donors (Lipinski definition) is 1. The monoisotopic (exact) mass is 406 g/mol. The smallest absolute Gasteiger partial charge is 0.210 e. The molecule has 1 aliphatic heterocycles. The van der Waals surface area contributed by atoms with E-state index in [1.54, 1.807) is 18.2 Å². The van der Waals surface area contributed by atoms with Gasteiger partial charge in [-0.15, -0.1) is 0 Å². The maximum absolute atomic E-state index is 13.2. The molecular formula is C24H26N2O2S. The van der Waals surface area contributed by atoms with Crippen LogP contribution in [0, 0.1) is 13.8 Å². The molecule has 0 fully saturated rings. The van der Waals surface area contributed by atoms with Crippen molar-refractivity contribution in [2.75, 3.05) is 18.0 Å². The summed E-state index contributed by atoms with van der Waals surface area (Å²) in [5, 5.41) is 3.49. The minimum absolute atomic E-state index is 0.396. The van der Waals surface area contributed by atoms with Crippen molar-refractivity contribution >= 4 is 21.2 Å². The van der Waals surface area contributed by atoms with E-state index in [0.29, 0.717) is 9.79 Å². The van der Waals surface area contributed by atoms with Gasteiger partial charge in [-0.1, -0.05) is 48.5 Å². The molecule has 5 heteroatoms. The molecule has 0 spiro atoms. The number of para-hydroxylation sites is 1. The molecule has 1 aliphatic rings. The first kappa shape index (κ1) is 19.7. The number of sulfone groups is 1. The van der Waals surface area contributed by atoms with Crippen molar-refractivity contribution < 1.29 is 8.42 Å². The summed E-state index contributed by atoms with van der Waals surface area (Å²) in [6.45, 7) is 6.49. The van der Waals surface area contributed by atoms with E-state index >= 15 is 0 Å². The number of nitrogens with zero attached hydrogens (tertiary/aromatic N) is 1. The van der Waals surface area contributed by atoms with Crippen LogP contribution in [0.5, 0.6) is 0 Å². The second kappa shape index (κ2) is 8.01. The van der Waals surface area contributed by atoms with E-state index in [1.807, 2.05) is 50.2 Å². The fraction of sp³-hybridized carbons (Fsp3) is 0.250. The van der Waals surface area contributed by atoms with E-state index in [1.165, 1.54) is 5.56 Å². The van der Waals surface area contributed by atoms with Crippen LogP contribution >= 0.6 is 0 Å². The van der Waals surface area contributed by atoms with Crippen LogP contribution in [0.3, 0.4) is 0 Å². The highest BCUT2D eigenvalue weighted by molar-refractivity contribution is 7.92. The standard InChI is InChI=1S/C24H26N2O2S/c1-18-13-14-23-24(19(18)2)26(21-11-6-7-12-22(21)29(23,27)28)16-8-15-25-17-20-9-4-3-5-10-20/h3-7,9-14,25H,8,15-17H2,1-2H3. The van der Waals surface area contributed by atoms with Crippen LogP contribution in [0.4, 0.5) is 11.4 Å². The zero-order valence-corrected chi connectivity index (χ0v) is 17.7. The molecule has 3 aromatic rings. The molecule has 0 amide bonds. The van der Waals surface area contributed by atoms with Crippen LogP contribution in [0.15, 0.2) is 76.5 Å². The molecule has 4 nitrogen and oxygen atoms in total. The maximum atomic E-state index is 13.2. The van der Waals surface area contributed by atoms with Crippen molar-refractivity contribution in [3.63, 3.8) is 0 Å². The van der Waals surface area contributed by atoms with Gasteiger partial charge in [0.25, 0.3) is 0 Å². The molecule has 4 rings (SSSR count). The Bertz CT molecular complexity index is 1120. The average Bonchev–Trinajstić information content (AvgIpc) is 2.73. The van der Waals surface area contributed by atoms with Gasteiger partial charge in [0.1, 0.15) is 0 Å². The summed E-state index contributed by atoms with van der Waals surface area (Å²) >= 11 is 0. The van der Waals surface area contributed by atoms with Crippen molar-refractivity contribution in [3.05, 3.63) is 83.4 Å². The van der Waals surface area contributed by atoms with Gasteiger partial charge in [-0.25, -0.2) is 8.42 Å². The molecule has 0 aromatic heterocycles. The Morgan fingerprint density at radius 2 is 1.59 bits per heavy atom. The number of rotatable bonds is 6. The van der Waals surface area contributed by atoms with Gasteiger partial charge in [-0.2, -0.15) is 0 Å². The molecule has 1 heterocycles. The molecule has 0 aliphatic carbocycles. The van der Waals surface area contributed by atoms with Crippen LogP contribution in [0.25, 0.3) is 0 Å². The molecule has 0 radical (unpaired) electrons. The summed E-state index contributed by atoms with van der Waals surface area (Å²) in [4.78, 5) is 2.99. The number of benzene rings is 3. The lowest BCUT2D eigenvalue weighted by molar-refractivity contribution is 0.592. The van der Waals surface area contributed by atoms with Crippen molar-refractivity contribution in [2.45, 2.75) is 36.6 Å². The molecule has 29 heavy (non-hydrogen) atoms. The molecule has 0 saturated carbocycles. The van der Waals surface area contributed by atoms with Gasteiger partial charge in [0.2, 0.25) is 9.84 Å². The van der Waals surface area contributed by atoms with Crippen molar-refractivity contribution in [2.24, 2.45) is 0 Å². The Labute approximate surface area is 173 Å². The lowest BCUT2D eigenvalue weighted by Crippen LogP contribution is -2.30. The maximum Gasteiger partial charge on any atom is 0.210 e. The fourth-order valence-corrected chi connectivity index (χ4v) is 5.61. The van der Waals surface area contributed by atoms with Crippen LogP contribution < -0.4 is 10.2 Å². The largest absolute Gasteiger partial charge is 0.339 e. The summed E-state index contributed by atoms with van der Waals surface area (Å²) in [5.41, 5.74) is 4.99. The summed E-state index contributed by atoms with van der Waals surface area (Å²) in [5.74, 6) is 0. The summed E-state index contributed by atoms with van der Waals surface area (Å²) < 4.78 is 26.4. The zero-order valence-electron chi connectivity index (χ0n) is 16.9. The minimum atomic E-state index is -3.50. The van der Waals surface area contributed by atoms with Gasteiger partial charge < -0.3 is 10.2 Å². The summed E-state index contributed by atoms with van der Waals surface area (Å²) in [6.07, 6.45) is 0.911. The molecule has 0 bridgehead atoms. The predicted molar refractivity (Wildman–Crippen MR) is 118 cm³/mol. The Balaban J connectivity index is 1.58. The summed E-state index contributed by atoms with van der Waals surface area (Å²) in [7, 11) is -3.50. The molecule has 0 atom stereocenters. The van der Waals surface area contributed by atoms with E-state index in [4.69, 9.17) is 0 Å². The van der Waals surface area contributed by atoms with E-state index in [9.17, 15) is 8.42 Å². The molecule has 3 aromatic carbocycles. The third kappa shape index (κ3) is 3.68. The number of fused-ring (bicyclic) bond motifs is 2. The number of hydrogen-bond acceptors (Lipinski definition) is 4. The van der Waals surface area contributed by atoms with Crippen LogP contribution in [0.1, 0.15) is 23.1 Å². The van der Waals surface area contributed by atoms with Gasteiger partial charge in [0.15, 0.2) is 0 Å². The van der Waals surface area contributed by atoms with Gasteiger partial charge >= 0.3 is 0 Å². The Morgan fingerprint density at radius 1 is 0.862 bits per heavy atom. The number of nitrogens with one attached hydrogen (secondary N) is 1. The van der Waals surface area contributed by atoms with E-state index in [2.05, 4.69) is 22.3 Å². The fourth-order valence-electron chi connectivity index (χ4n) is 3.90. The highest BCUT2D eigenvalue weighted by Crippen LogP contribution is 2.46. The van der Waals surface area contributed by atoms with Crippen LogP contribution in [0.2, 0.25) is 0 Å². The number of anilines is 2. The lowest BCUT2D eigenvalue weighted by atomic mass is 10.1. The topological polar surface area (TPSA) is 49.4 Å². The quantitative estimate of drug-likeness (QED) is 0.599. The number of aryl methyl sites for hydroxylation is 1. The highest BCUT2D eigenvalue weighted by Gasteiger charge is 2.34. The van der Waals surface area contributed by atoms with Gasteiger partial charge in [0, 0.05) is 13.1 Å². The van der Waals surface area contributed by atoms with Crippen LogP contribution in [-0.2, 0) is 16.4 Å². The second-order valence-electron chi connectivity index (χ2n) is 7.49. The first-order valence-electron chi connectivity index (χ1n) is 9.96. The Hall–Kier alpha value is -2.63. The lowest BCUT2D eigenvalue weighted by Gasteiger charge is -2.34. The van der Waals surface area contributed by atoms with Crippen molar-refractivity contribution in [1.29, 1.82) is 0 Å². The third-order valence-electron chi connectivity index (χ3n) is 5.58. The predicted octanol–water partition coefficient (Wildman–Crippen LogP) is 4.77. The van der Waals surface area contributed by atoms with Gasteiger partial charge in [-0.3, -0.25) is 0 Å². The first-order valence-corrected chi connectivity index (χ1v) is 11.4. The molecule has 0 saturated heterocycles. The summed E-state index contributed by atoms with van der Waals surface area (Å²) in [6, 6.07) is 21.3. The molecule has 150 valence electrons. The normalized spacial score (nSPS) is 14.3. The van der Waals surface area contributed by atoms with Gasteiger partial charge in [-0.05, 0) is 61.7 Å². The van der Waals surface area contributed by atoms with E-state index < -0.39 is 9.84 Å². The van der Waals surface area contributed by atoms with E-state index in [-0.39, 0.29) is 0 Å². The molecule has 1 N–H and O–H groups in total. The van der Waals surface area contributed by atoms with E-state index in [0.717, 1.165) is 48.6 Å². The SMILES string of the molecule is Cc1ccc2c(c1C)N(CCCNCc1ccccc1)c1ccccc1S2(=O)=O. The van der Waals surface area contributed by atoms with Gasteiger partial charge in [0.05, 0.1) is 21.2 Å². The first-order chi connectivity index (χ1) is 14.0. The van der Waals surface area contributed by atoms with Crippen molar-refractivity contribution in [3.8, 4) is 0 Å². The third-order valence-corrected chi connectivity index (χ3v) is 7.41. The molecular weight excluding hydrogens is 380 g/mol. The van der Waals surface area contributed by atoms with Crippen LogP contribution in [-0.4, -0.2) is 21.5 Å².